The van der Waals surface area contributed by atoms with Crippen molar-refractivity contribution in [2.24, 2.45) is 10.9 Å². The summed E-state index contributed by atoms with van der Waals surface area (Å²) >= 11 is 12.1. The molecule has 0 fully saturated rings. The van der Waals surface area contributed by atoms with Crippen LogP contribution in [0.5, 0.6) is 0 Å². The van der Waals surface area contributed by atoms with Crippen LogP contribution < -0.4 is 11.2 Å². The summed E-state index contributed by atoms with van der Waals surface area (Å²) in [5.74, 6) is 5.43. The minimum atomic E-state index is -1.16. The highest BCUT2D eigenvalue weighted by atomic mass is 35.5. The Morgan fingerprint density at radius 1 is 1.03 bits per heavy atom. The van der Waals surface area contributed by atoms with Gasteiger partial charge in [0.25, 0.3) is 0 Å². The lowest BCUT2D eigenvalue weighted by Crippen LogP contribution is -2.13. The molecule has 13 heteroatoms. The SMILES string of the molecule is NN=C(c1ccc(-c2ccc(Cl)c(C(=O)O)c2)o1)c1nc2nonc2nc1Nc1cccc(Cl)c1. The average molecular weight is 510 g/mol. The Labute approximate surface area is 206 Å². The molecule has 174 valence electrons. The Hall–Kier alpha value is -4.48. The van der Waals surface area contributed by atoms with E-state index in [4.69, 9.17) is 38.1 Å². The lowest BCUT2D eigenvalue weighted by molar-refractivity contribution is 0.0697. The number of nitrogens with two attached hydrogens (primary N) is 1. The van der Waals surface area contributed by atoms with Gasteiger partial charge < -0.3 is 20.7 Å². The van der Waals surface area contributed by atoms with Gasteiger partial charge in [-0.2, -0.15) is 5.10 Å². The van der Waals surface area contributed by atoms with E-state index in [1.807, 2.05) is 0 Å². The zero-order chi connectivity index (χ0) is 24.5. The first kappa shape index (κ1) is 22.3. The molecule has 0 amide bonds. The van der Waals surface area contributed by atoms with Crippen molar-refractivity contribution in [3.05, 3.63) is 81.7 Å². The predicted octanol–water partition coefficient (Wildman–Crippen LogP) is 4.73. The van der Waals surface area contributed by atoms with Crippen LogP contribution in [0.2, 0.25) is 10.0 Å². The molecule has 0 bridgehead atoms. The zero-order valence-electron chi connectivity index (χ0n) is 17.4. The first-order chi connectivity index (χ1) is 16.9. The summed E-state index contributed by atoms with van der Waals surface area (Å²) in [6, 6.07) is 14.8. The summed E-state index contributed by atoms with van der Waals surface area (Å²) in [6.07, 6.45) is 0. The van der Waals surface area contributed by atoms with E-state index < -0.39 is 5.97 Å². The van der Waals surface area contributed by atoms with Crippen LogP contribution in [-0.2, 0) is 0 Å². The third kappa shape index (κ3) is 4.37. The third-order valence-corrected chi connectivity index (χ3v) is 5.44. The molecule has 0 radical (unpaired) electrons. The van der Waals surface area contributed by atoms with Gasteiger partial charge in [-0.25, -0.2) is 19.4 Å². The number of carboxylic acids is 1. The number of fused-ring (bicyclic) bond motifs is 1. The van der Waals surface area contributed by atoms with Gasteiger partial charge in [0.05, 0.1) is 10.6 Å². The number of anilines is 2. The second-order valence-electron chi connectivity index (χ2n) is 7.11. The van der Waals surface area contributed by atoms with Crippen molar-refractivity contribution in [2.45, 2.75) is 0 Å². The molecule has 0 atom stereocenters. The highest BCUT2D eigenvalue weighted by molar-refractivity contribution is 6.33. The van der Waals surface area contributed by atoms with Gasteiger partial charge in [-0.3, -0.25) is 0 Å². The van der Waals surface area contributed by atoms with Crippen molar-refractivity contribution in [2.75, 3.05) is 5.32 Å². The molecule has 2 aromatic carbocycles. The van der Waals surface area contributed by atoms with Crippen molar-refractivity contribution in [1.82, 2.24) is 20.3 Å². The largest absolute Gasteiger partial charge is 0.478 e. The minimum absolute atomic E-state index is 0.0577. The van der Waals surface area contributed by atoms with Gasteiger partial charge in [-0.15, -0.1) is 0 Å². The highest BCUT2D eigenvalue weighted by Crippen LogP contribution is 2.29. The molecule has 5 aromatic rings. The maximum Gasteiger partial charge on any atom is 0.337 e. The van der Waals surface area contributed by atoms with Crippen molar-refractivity contribution < 1.29 is 18.9 Å². The molecule has 4 N–H and O–H groups in total. The van der Waals surface area contributed by atoms with E-state index in [0.717, 1.165) is 0 Å². The Bertz CT molecular complexity index is 1610. The number of rotatable bonds is 6. The normalized spacial score (nSPS) is 11.7. The van der Waals surface area contributed by atoms with Gasteiger partial charge in [0.1, 0.15) is 11.5 Å². The standard InChI is InChI=1S/C22H13Cl2N7O4/c23-11-2-1-3-12(9-11)26-19-18(27-20-21(28-19)31-35-30-20)17(29-25)16-7-6-15(34-16)10-4-5-14(24)13(8-10)22(32)33/h1-9H,25H2,(H,32,33)(H,26,28,31). The molecular weight excluding hydrogens is 497 g/mol. The maximum atomic E-state index is 11.4. The number of hydrogen-bond donors (Lipinski definition) is 3. The van der Waals surface area contributed by atoms with Crippen molar-refractivity contribution in [1.29, 1.82) is 0 Å². The second-order valence-corrected chi connectivity index (χ2v) is 7.95. The van der Waals surface area contributed by atoms with Crippen LogP contribution >= 0.6 is 23.2 Å². The maximum absolute atomic E-state index is 11.4. The molecule has 35 heavy (non-hydrogen) atoms. The molecule has 3 heterocycles. The van der Waals surface area contributed by atoms with E-state index in [-0.39, 0.29) is 44.9 Å². The number of nitrogens with zero attached hydrogens (tertiary/aromatic N) is 5. The summed E-state index contributed by atoms with van der Waals surface area (Å²) in [4.78, 5) is 20.3. The Morgan fingerprint density at radius 3 is 2.57 bits per heavy atom. The number of halogens is 2. The van der Waals surface area contributed by atoms with Crippen LogP contribution in [0.4, 0.5) is 11.5 Å². The van der Waals surface area contributed by atoms with Gasteiger partial charge in [0.15, 0.2) is 17.3 Å². The first-order valence-corrected chi connectivity index (χ1v) is 10.6. The fourth-order valence-corrected chi connectivity index (χ4v) is 3.69. The molecule has 11 nitrogen and oxygen atoms in total. The van der Waals surface area contributed by atoms with E-state index in [0.29, 0.717) is 22.0 Å². The van der Waals surface area contributed by atoms with Crippen LogP contribution in [-0.4, -0.2) is 37.1 Å². The first-order valence-electron chi connectivity index (χ1n) is 9.87. The number of carboxylic acid groups (broad SMARTS) is 1. The second kappa shape index (κ2) is 9.05. The predicted molar refractivity (Wildman–Crippen MR) is 128 cm³/mol. The quantitative estimate of drug-likeness (QED) is 0.165. The minimum Gasteiger partial charge on any atom is -0.478 e. The van der Waals surface area contributed by atoms with Crippen molar-refractivity contribution >= 4 is 57.7 Å². The van der Waals surface area contributed by atoms with Crippen molar-refractivity contribution in [3.63, 3.8) is 0 Å². The molecule has 0 saturated heterocycles. The van der Waals surface area contributed by atoms with Crippen LogP contribution in [0.15, 0.2) is 68.7 Å². The Morgan fingerprint density at radius 2 is 1.83 bits per heavy atom. The average Bonchev–Trinajstić information content (AvgIpc) is 3.50. The van der Waals surface area contributed by atoms with E-state index in [1.54, 1.807) is 42.5 Å². The molecular formula is C22H13Cl2N7O4. The van der Waals surface area contributed by atoms with Crippen molar-refractivity contribution in [3.8, 4) is 11.3 Å². The summed E-state index contributed by atoms with van der Waals surface area (Å²) in [5, 5.41) is 24.4. The molecule has 0 saturated carbocycles. The molecule has 0 unspecified atom stereocenters. The fourth-order valence-electron chi connectivity index (χ4n) is 3.30. The van der Waals surface area contributed by atoms with Gasteiger partial charge in [0.2, 0.25) is 11.3 Å². The topological polar surface area (TPSA) is 166 Å². The summed E-state index contributed by atoms with van der Waals surface area (Å²) < 4.78 is 10.7. The number of hydrogen-bond acceptors (Lipinski definition) is 10. The number of carbonyl (C=O) groups is 1. The summed E-state index contributed by atoms with van der Waals surface area (Å²) in [7, 11) is 0. The van der Waals surface area contributed by atoms with E-state index >= 15 is 0 Å². The van der Waals surface area contributed by atoms with Crippen LogP contribution in [0.25, 0.3) is 22.6 Å². The van der Waals surface area contributed by atoms with E-state index in [2.05, 4.69) is 30.7 Å². The monoisotopic (exact) mass is 509 g/mol. The lowest BCUT2D eigenvalue weighted by Gasteiger charge is -2.10. The van der Waals surface area contributed by atoms with Crippen LogP contribution in [0.1, 0.15) is 21.8 Å². The number of nitrogens with one attached hydrogen (secondary N) is 1. The Kier molecular flexibility index (Phi) is 5.77. The number of benzene rings is 2. The fraction of sp³-hybridized carbons (Fsp3) is 0. The number of furan rings is 1. The smallest absolute Gasteiger partial charge is 0.337 e. The molecule has 3 aromatic heterocycles. The number of aromatic carboxylic acids is 1. The molecule has 5 rings (SSSR count). The van der Waals surface area contributed by atoms with E-state index in [9.17, 15) is 9.90 Å². The van der Waals surface area contributed by atoms with Gasteiger partial charge in [0, 0.05) is 16.3 Å². The van der Waals surface area contributed by atoms with Crippen LogP contribution in [0.3, 0.4) is 0 Å². The molecule has 0 aliphatic carbocycles. The highest BCUT2D eigenvalue weighted by Gasteiger charge is 2.22. The summed E-state index contributed by atoms with van der Waals surface area (Å²) in [6.45, 7) is 0. The van der Waals surface area contributed by atoms with E-state index in [1.165, 1.54) is 12.1 Å². The number of hydrazone groups is 1. The molecule has 0 aliphatic heterocycles. The number of aromatic nitrogens is 4. The zero-order valence-corrected chi connectivity index (χ0v) is 18.9. The van der Waals surface area contributed by atoms with Gasteiger partial charge in [-0.05, 0) is 58.8 Å². The molecule has 0 aliphatic rings. The van der Waals surface area contributed by atoms with Gasteiger partial charge in [-0.1, -0.05) is 29.3 Å². The lowest BCUT2D eigenvalue weighted by atomic mass is 10.1. The van der Waals surface area contributed by atoms with Crippen LogP contribution in [0, 0.1) is 0 Å². The summed E-state index contributed by atoms with van der Waals surface area (Å²) in [5.41, 5.74) is 1.71. The van der Waals surface area contributed by atoms with Gasteiger partial charge >= 0.3 is 5.97 Å². The molecule has 0 spiro atoms. The third-order valence-electron chi connectivity index (χ3n) is 4.88. The Balaban J connectivity index is 1.57.